The van der Waals surface area contributed by atoms with Crippen LogP contribution in [0, 0.1) is 0 Å². The average molecular weight is 397 g/mol. The molecule has 3 heterocycles. The van der Waals surface area contributed by atoms with E-state index >= 15 is 0 Å². The molecule has 0 saturated heterocycles. The molecule has 4 rings (SSSR count). The van der Waals surface area contributed by atoms with E-state index in [9.17, 15) is 0 Å². The van der Waals surface area contributed by atoms with E-state index < -0.39 is 0 Å². The number of guanidine groups is 1. The summed E-state index contributed by atoms with van der Waals surface area (Å²) >= 11 is 0. The van der Waals surface area contributed by atoms with Crippen LogP contribution in [0.15, 0.2) is 29.3 Å². The molecule has 1 aromatic carbocycles. The van der Waals surface area contributed by atoms with Crippen LogP contribution < -0.4 is 15.4 Å². The molecule has 1 aromatic heterocycles. The van der Waals surface area contributed by atoms with Crippen LogP contribution in [0.2, 0.25) is 0 Å². The number of aryl methyl sites for hydroxylation is 1. The fourth-order valence-corrected chi connectivity index (χ4v) is 4.23. The van der Waals surface area contributed by atoms with E-state index in [-0.39, 0.29) is 11.6 Å². The van der Waals surface area contributed by atoms with Crippen molar-refractivity contribution >= 4 is 5.96 Å². The topological polar surface area (TPSA) is 76.4 Å². The molecule has 0 amide bonds. The summed E-state index contributed by atoms with van der Waals surface area (Å²) in [7, 11) is 0. The van der Waals surface area contributed by atoms with Crippen molar-refractivity contribution < 1.29 is 4.74 Å². The SMILES string of the molecule is CCNC(=NCc1nnc2n1CCCCC2)NC1CC(C)(C)Oc2ccccc21. The van der Waals surface area contributed by atoms with Gasteiger partial charge in [0.2, 0.25) is 0 Å². The van der Waals surface area contributed by atoms with Gasteiger partial charge in [0.25, 0.3) is 0 Å². The van der Waals surface area contributed by atoms with Gasteiger partial charge in [0.15, 0.2) is 11.8 Å². The van der Waals surface area contributed by atoms with Gasteiger partial charge in [-0.1, -0.05) is 24.6 Å². The first-order valence-electron chi connectivity index (χ1n) is 10.8. The second-order valence-electron chi connectivity index (χ2n) is 8.49. The summed E-state index contributed by atoms with van der Waals surface area (Å²) in [5.41, 5.74) is 0.946. The summed E-state index contributed by atoms with van der Waals surface area (Å²) in [5.74, 6) is 3.80. The van der Waals surface area contributed by atoms with Crippen LogP contribution in [0.1, 0.15) is 69.7 Å². The van der Waals surface area contributed by atoms with Gasteiger partial charge < -0.3 is 19.9 Å². The van der Waals surface area contributed by atoms with Gasteiger partial charge in [0, 0.05) is 31.5 Å². The van der Waals surface area contributed by atoms with Crippen molar-refractivity contribution in [1.82, 2.24) is 25.4 Å². The first-order chi connectivity index (χ1) is 14.1. The van der Waals surface area contributed by atoms with Gasteiger partial charge in [-0.2, -0.15) is 0 Å². The lowest BCUT2D eigenvalue weighted by molar-refractivity contribution is 0.0694. The fourth-order valence-electron chi connectivity index (χ4n) is 4.23. The summed E-state index contributed by atoms with van der Waals surface area (Å²) in [6, 6.07) is 8.39. The monoisotopic (exact) mass is 396 g/mol. The smallest absolute Gasteiger partial charge is 0.192 e. The molecule has 1 unspecified atom stereocenters. The zero-order chi connectivity index (χ0) is 20.3. The molecular formula is C22H32N6O. The predicted octanol–water partition coefficient (Wildman–Crippen LogP) is 3.36. The number of hydrogen-bond acceptors (Lipinski definition) is 4. The third kappa shape index (κ3) is 4.54. The summed E-state index contributed by atoms with van der Waals surface area (Å²) in [6.07, 6.45) is 5.53. The molecule has 1 atom stereocenters. The van der Waals surface area contributed by atoms with E-state index in [0.717, 1.165) is 49.3 Å². The molecule has 2 aromatic rings. The average Bonchev–Trinajstić information content (AvgIpc) is 2.91. The number of benzene rings is 1. The second-order valence-corrected chi connectivity index (χ2v) is 8.49. The molecule has 0 fully saturated rings. The van der Waals surface area contributed by atoms with E-state index in [1.165, 1.54) is 24.8 Å². The van der Waals surface area contributed by atoms with Crippen LogP contribution in [0.3, 0.4) is 0 Å². The molecule has 0 spiro atoms. The van der Waals surface area contributed by atoms with Gasteiger partial charge in [-0.15, -0.1) is 10.2 Å². The van der Waals surface area contributed by atoms with Crippen molar-refractivity contribution in [3.63, 3.8) is 0 Å². The highest BCUT2D eigenvalue weighted by atomic mass is 16.5. The molecule has 0 radical (unpaired) electrons. The normalized spacial score (nSPS) is 20.8. The molecule has 0 bridgehead atoms. The molecule has 0 saturated carbocycles. The Balaban J connectivity index is 1.53. The number of nitrogens with zero attached hydrogens (tertiary/aromatic N) is 4. The third-order valence-corrected chi connectivity index (χ3v) is 5.60. The zero-order valence-corrected chi connectivity index (χ0v) is 17.7. The molecule has 7 nitrogen and oxygen atoms in total. The van der Waals surface area contributed by atoms with Gasteiger partial charge in [0.1, 0.15) is 23.7 Å². The first kappa shape index (κ1) is 19.7. The lowest BCUT2D eigenvalue weighted by Gasteiger charge is -2.38. The van der Waals surface area contributed by atoms with E-state index in [1.807, 2.05) is 12.1 Å². The Morgan fingerprint density at radius 1 is 1.24 bits per heavy atom. The Hall–Kier alpha value is -2.57. The van der Waals surface area contributed by atoms with Gasteiger partial charge in [-0.05, 0) is 39.7 Å². The van der Waals surface area contributed by atoms with Gasteiger partial charge in [-0.3, -0.25) is 0 Å². The molecule has 29 heavy (non-hydrogen) atoms. The number of aromatic nitrogens is 3. The molecule has 2 aliphatic heterocycles. The van der Waals surface area contributed by atoms with Crippen molar-refractivity contribution in [3.8, 4) is 5.75 Å². The Labute approximate surface area is 173 Å². The van der Waals surface area contributed by atoms with Gasteiger partial charge in [-0.25, -0.2) is 4.99 Å². The van der Waals surface area contributed by atoms with E-state index in [4.69, 9.17) is 9.73 Å². The highest BCUT2D eigenvalue weighted by Crippen LogP contribution is 2.39. The summed E-state index contributed by atoms with van der Waals surface area (Å²) in [4.78, 5) is 4.84. The number of aliphatic imine (C=N–C) groups is 1. The van der Waals surface area contributed by atoms with Crippen LogP contribution in [-0.2, 0) is 19.5 Å². The Morgan fingerprint density at radius 3 is 2.97 bits per heavy atom. The maximum Gasteiger partial charge on any atom is 0.192 e. The highest BCUT2D eigenvalue weighted by molar-refractivity contribution is 5.80. The van der Waals surface area contributed by atoms with Gasteiger partial charge in [0.05, 0.1) is 6.04 Å². The minimum absolute atomic E-state index is 0.142. The Bertz CT molecular complexity index is 872. The molecule has 7 heteroatoms. The summed E-state index contributed by atoms with van der Waals surface area (Å²) in [5, 5.41) is 15.8. The van der Waals surface area contributed by atoms with Crippen molar-refractivity contribution in [1.29, 1.82) is 0 Å². The standard InChI is InChI=1S/C22H32N6O/c1-4-23-21(24-15-20-27-26-19-12-6-5-9-13-28(19)20)25-17-14-22(2,3)29-18-11-8-7-10-16(17)18/h7-8,10-11,17H,4-6,9,12-15H2,1-3H3,(H2,23,24,25). The summed E-state index contributed by atoms with van der Waals surface area (Å²) < 4.78 is 8.42. The van der Waals surface area contributed by atoms with Crippen molar-refractivity contribution in [2.24, 2.45) is 4.99 Å². The van der Waals surface area contributed by atoms with Crippen LogP contribution >= 0.6 is 0 Å². The lowest BCUT2D eigenvalue weighted by Crippen LogP contribution is -2.45. The number of para-hydroxylation sites is 1. The van der Waals surface area contributed by atoms with Crippen LogP contribution in [0.25, 0.3) is 0 Å². The number of rotatable bonds is 4. The summed E-state index contributed by atoms with van der Waals surface area (Å²) in [6.45, 7) is 8.68. The lowest BCUT2D eigenvalue weighted by atomic mass is 9.90. The predicted molar refractivity (Wildman–Crippen MR) is 114 cm³/mol. The molecular weight excluding hydrogens is 364 g/mol. The first-order valence-corrected chi connectivity index (χ1v) is 10.8. The number of hydrogen-bond donors (Lipinski definition) is 2. The van der Waals surface area contributed by atoms with Gasteiger partial charge >= 0.3 is 0 Å². The van der Waals surface area contributed by atoms with E-state index in [1.54, 1.807) is 0 Å². The van der Waals surface area contributed by atoms with Crippen molar-refractivity contribution in [2.75, 3.05) is 6.54 Å². The second kappa shape index (κ2) is 8.43. The number of nitrogens with one attached hydrogen (secondary N) is 2. The van der Waals surface area contributed by atoms with E-state index in [2.05, 4.69) is 58.3 Å². The Kier molecular flexibility index (Phi) is 5.74. The number of fused-ring (bicyclic) bond motifs is 2. The maximum atomic E-state index is 6.16. The largest absolute Gasteiger partial charge is 0.487 e. The quantitative estimate of drug-likeness (QED) is 0.612. The number of ether oxygens (including phenoxy) is 1. The minimum atomic E-state index is -0.228. The fraction of sp³-hybridized carbons (Fsp3) is 0.591. The van der Waals surface area contributed by atoms with Crippen molar-refractivity contribution in [2.45, 2.75) is 77.6 Å². The zero-order valence-electron chi connectivity index (χ0n) is 17.7. The molecule has 156 valence electrons. The van der Waals surface area contributed by atoms with Crippen LogP contribution in [0.4, 0.5) is 0 Å². The van der Waals surface area contributed by atoms with Crippen molar-refractivity contribution in [3.05, 3.63) is 41.5 Å². The minimum Gasteiger partial charge on any atom is -0.487 e. The van der Waals surface area contributed by atoms with E-state index in [0.29, 0.717) is 6.54 Å². The highest BCUT2D eigenvalue weighted by Gasteiger charge is 2.34. The Morgan fingerprint density at radius 2 is 2.10 bits per heavy atom. The molecule has 2 N–H and O–H groups in total. The van der Waals surface area contributed by atoms with Crippen LogP contribution in [-0.4, -0.2) is 32.9 Å². The molecule has 2 aliphatic rings. The molecule has 0 aliphatic carbocycles. The third-order valence-electron chi connectivity index (χ3n) is 5.60. The maximum absolute atomic E-state index is 6.16. The van der Waals surface area contributed by atoms with Crippen LogP contribution in [0.5, 0.6) is 5.75 Å².